The maximum atomic E-state index is 4.14. The summed E-state index contributed by atoms with van der Waals surface area (Å²) in [6, 6.07) is 8.70. The molecule has 0 bridgehead atoms. The average Bonchev–Trinajstić information content (AvgIpc) is 2.92. The Labute approximate surface area is 129 Å². The van der Waals surface area contributed by atoms with E-state index in [-0.39, 0.29) is 0 Å². The normalized spacial score (nSPS) is 16.5. The third-order valence-corrected chi connectivity index (χ3v) is 4.92. The lowest BCUT2D eigenvalue weighted by atomic mass is 9.79. The van der Waals surface area contributed by atoms with Crippen molar-refractivity contribution in [1.82, 2.24) is 25.5 Å². The summed E-state index contributed by atoms with van der Waals surface area (Å²) in [6.07, 6.45) is 2.33. The zero-order valence-electron chi connectivity index (χ0n) is 12.3. The largest absolute Gasteiger partial charge is 0.315 e. The van der Waals surface area contributed by atoms with E-state index in [1.807, 2.05) is 4.68 Å². The van der Waals surface area contributed by atoms with Gasteiger partial charge in [0, 0.05) is 12.3 Å². The predicted molar refractivity (Wildman–Crippen MR) is 84.6 cm³/mol. The highest BCUT2D eigenvalue weighted by atomic mass is 32.2. The molecule has 1 aliphatic rings. The number of nitrogens with one attached hydrogen (secondary N) is 1. The van der Waals surface area contributed by atoms with Crippen LogP contribution in [0.3, 0.4) is 0 Å². The van der Waals surface area contributed by atoms with Gasteiger partial charge in [-0.15, -0.1) is 5.10 Å². The molecule has 0 fully saturated rings. The number of tetrazole rings is 1. The van der Waals surface area contributed by atoms with Crippen molar-refractivity contribution in [2.75, 3.05) is 18.8 Å². The van der Waals surface area contributed by atoms with E-state index >= 15 is 0 Å². The lowest BCUT2D eigenvalue weighted by Gasteiger charge is -2.29. The molecule has 5 nitrogen and oxygen atoms in total. The van der Waals surface area contributed by atoms with Crippen LogP contribution in [0.25, 0.3) is 0 Å². The molecule has 21 heavy (non-hydrogen) atoms. The van der Waals surface area contributed by atoms with Crippen molar-refractivity contribution in [1.29, 1.82) is 0 Å². The molecule has 1 unspecified atom stereocenters. The highest BCUT2D eigenvalue weighted by Gasteiger charge is 2.25. The third kappa shape index (κ3) is 3.44. The summed E-state index contributed by atoms with van der Waals surface area (Å²) in [4.78, 5) is 0. The summed E-state index contributed by atoms with van der Waals surface area (Å²) >= 11 is 1.76. The smallest absolute Gasteiger partial charge is 0.209 e. The van der Waals surface area contributed by atoms with Crippen LogP contribution in [0, 0.1) is 0 Å². The van der Waals surface area contributed by atoms with Gasteiger partial charge in [0.1, 0.15) is 0 Å². The minimum atomic E-state index is 0.648. The number of hydrogen-bond donors (Lipinski definition) is 1. The minimum Gasteiger partial charge on any atom is -0.315 e. The Bertz CT molecular complexity index is 583. The number of rotatable bonds is 8. The van der Waals surface area contributed by atoms with Crippen LogP contribution in [0.15, 0.2) is 29.4 Å². The lowest BCUT2D eigenvalue weighted by Crippen LogP contribution is -2.22. The second kappa shape index (κ2) is 7.04. The molecule has 0 aliphatic heterocycles. The summed E-state index contributed by atoms with van der Waals surface area (Å²) in [7, 11) is 0. The van der Waals surface area contributed by atoms with Crippen LogP contribution in [0.5, 0.6) is 0 Å². The third-order valence-electron chi connectivity index (χ3n) is 3.80. The molecule has 1 aliphatic carbocycles. The highest BCUT2D eigenvalue weighted by molar-refractivity contribution is 7.99. The van der Waals surface area contributed by atoms with Gasteiger partial charge in [-0.2, -0.15) is 0 Å². The van der Waals surface area contributed by atoms with Crippen LogP contribution >= 0.6 is 11.8 Å². The molecule has 1 heterocycles. The van der Waals surface area contributed by atoms with Crippen molar-refractivity contribution >= 4 is 11.8 Å². The summed E-state index contributed by atoms with van der Waals surface area (Å²) < 4.78 is 1.90. The van der Waals surface area contributed by atoms with Crippen molar-refractivity contribution in [3.8, 4) is 0 Å². The first kappa shape index (κ1) is 14.5. The van der Waals surface area contributed by atoms with Gasteiger partial charge in [-0.05, 0) is 46.9 Å². The van der Waals surface area contributed by atoms with Gasteiger partial charge in [-0.3, -0.25) is 0 Å². The summed E-state index contributed by atoms with van der Waals surface area (Å²) in [5, 5.41) is 16.3. The van der Waals surface area contributed by atoms with Gasteiger partial charge < -0.3 is 5.32 Å². The molecule has 0 saturated carbocycles. The number of aromatic nitrogens is 4. The standard InChI is InChI=1S/C15H21N5S/c1-2-7-16-8-9-20-15(17-18-19-20)21-11-13-10-12-5-3-4-6-14(12)13/h3-6,13,16H,2,7-11H2,1H3. The summed E-state index contributed by atoms with van der Waals surface area (Å²) in [5.74, 6) is 1.70. The van der Waals surface area contributed by atoms with Gasteiger partial charge in [0.25, 0.3) is 0 Å². The molecule has 0 spiro atoms. The van der Waals surface area contributed by atoms with E-state index in [4.69, 9.17) is 0 Å². The van der Waals surface area contributed by atoms with Gasteiger partial charge in [-0.1, -0.05) is 43.0 Å². The molecule has 2 aromatic rings. The number of nitrogens with zero attached hydrogens (tertiary/aromatic N) is 4. The summed E-state index contributed by atoms with van der Waals surface area (Å²) in [5.41, 5.74) is 2.99. The molecule has 1 N–H and O–H groups in total. The molecule has 0 radical (unpaired) electrons. The topological polar surface area (TPSA) is 55.6 Å². The molecule has 6 heteroatoms. The van der Waals surface area contributed by atoms with Crippen LogP contribution in [-0.4, -0.2) is 39.0 Å². The Morgan fingerprint density at radius 1 is 1.33 bits per heavy atom. The summed E-state index contributed by atoms with van der Waals surface area (Å²) in [6.45, 7) is 4.96. The fraction of sp³-hybridized carbons (Fsp3) is 0.533. The molecule has 0 saturated heterocycles. The van der Waals surface area contributed by atoms with Gasteiger partial charge >= 0.3 is 0 Å². The average molecular weight is 303 g/mol. The van der Waals surface area contributed by atoms with Crippen molar-refractivity contribution in [3.05, 3.63) is 35.4 Å². The first-order valence-electron chi connectivity index (χ1n) is 7.56. The van der Waals surface area contributed by atoms with E-state index in [0.717, 1.165) is 37.0 Å². The highest BCUT2D eigenvalue weighted by Crippen LogP contribution is 2.38. The predicted octanol–water partition coefficient (Wildman–Crippen LogP) is 2.10. The first-order valence-corrected chi connectivity index (χ1v) is 8.54. The molecular weight excluding hydrogens is 282 g/mol. The van der Waals surface area contributed by atoms with Crippen LogP contribution in [0.1, 0.15) is 30.4 Å². The maximum absolute atomic E-state index is 4.14. The Morgan fingerprint density at radius 3 is 3.10 bits per heavy atom. The van der Waals surface area contributed by atoms with Crippen molar-refractivity contribution < 1.29 is 0 Å². The number of hydrogen-bond acceptors (Lipinski definition) is 5. The van der Waals surface area contributed by atoms with Gasteiger partial charge in [0.15, 0.2) is 0 Å². The van der Waals surface area contributed by atoms with Crippen molar-refractivity contribution in [3.63, 3.8) is 0 Å². The number of thioether (sulfide) groups is 1. The number of fused-ring (bicyclic) bond motifs is 1. The SMILES string of the molecule is CCCNCCn1nnnc1SCC1Cc2ccccc21. The van der Waals surface area contributed by atoms with Crippen LogP contribution < -0.4 is 5.32 Å². The lowest BCUT2D eigenvalue weighted by molar-refractivity contribution is 0.510. The maximum Gasteiger partial charge on any atom is 0.209 e. The molecule has 1 aromatic carbocycles. The second-order valence-electron chi connectivity index (χ2n) is 5.35. The van der Waals surface area contributed by atoms with E-state index in [1.165, 1.54) is 17.5 Å². The van der Waals surface area contributed by atoms with E-state index in [0.29, 0.717) is 5.92 Å². The van der Waals surface area contributed by atoms with E-state index in [1.54, 1.807) is 11.8 Å². The van der Waals surface area contributed by atoms with Gasteiger partial charge in [0.2, 0.25) is 5.16 Å². The van der Waals surface area contributed by atoms with Crippen molar-refractivity contribution in [2.45, 2.75) is 37.4 Å². The van der Waals surface area contributed by atoms with Crippen LogP contribution in [-0.2, 0) is 13.0 Å². The first-order chi connectivity index (χ1) is 10.4. The minimum absolute atomic E-state index is 0.648. The second-order valence-corrected chi connectivity index (χ2v) is 6.33. The molecule has 1 atom stereocenters. The Balaban J connectivity index is 1.49. The Hall–Kier alpha value is -1.40. The quantitative estimate of drug-likeness (QED) is 0.598. The van der Waals surface area contributed by atoms with Crippen molar-refractivity contribution in [2.24, 2.45) is 0 Å². The molecule has 0 amide bonds. The van der Waals surface area contributed by atoms with Crippen LogP contribution in [0.4, 0.5) is 0 Å². The fourth-order valence-electron chi connectivity index (χ4n) is 2.61. The van der Waals surface area contributed by atoms with E-state index in [2.05, 4.69) is 52.0 Å². The monoisotopic (exact) mass is 303 g/mol. The molecular formula is C15H21N5S. The van der Waals surface area contributed by atoms with Gasteiger partial charge in [0.05, 0.1) is 6.54 Å². The molecule has 3 rings (SSSR count). The fourth-order valence-corrected chi connectivity index (χ4v) is 3.63. The zero-order valence-corrected chi connectivity index (χ0v) is 13.1. The van der Waals surface area contributed by atoms with E-state index < -0.39 is 0 Å². The zero-order chi connectivity index (χ0) is 14.5. The molecule has 112 valence electrons. The van der Waals surface area contributed by atoms with E-state index in [9.17, 15) is 0 Å². The Kier molecular flexibility index (Phi) is 4.87. The molecule has 1 aromatic heterocycles. The van der Waals surface area contributed by atoms with Crippen LogP contribution in [0.2, 0.25) is 0 Å². The van der Waals surface area contributed by atoms with Gasteiger partial charge in [-0.25, -0.2) is 4.68 Å². The Morgan fingerprint density at radius 2 is 2.24 bits per heavy atom. The number of benzene rings is 1.